The maximum absolute atomic E-state index is 11.4. The van der Waals surface area contributed by atoms with Gasteiger partial charge >= 0.3 is 5.97 Å². The van der Waals surface area contributed by atoms with E-state index in [1.807, 2.05) is 0 Å². The Labute approximate surface area is 91.7 Å². The summed E-state index contributed by atoms with van der Waals surface area (Å²) >= 11 is 4.92. The summed E-state index contributed by atoms with van der Waals surface area (Å²) in [6.45, 7) is 3.71. The number of aromatic amines is 1. The molecular weight excluding hydrogens is 216 g/mol. The molecule has 6 heteroatoms. The zero-order chi connectivity index (χ0) is 11.4. The zero-order valence-corrected chi connectivity index (χ0v) is 9.34. The lowest BCUT2D eigenvalue weighted by atomic mass is 10.3. The molecule has 82 valence electrons. The van der Waals surface area contributed by atoms with Gasteiger partial charge in [0.05, 0.1) is 6.61 Å². The summed E-state index contributed by atoms with van der Waals surface area (Å²) in [7, 11) is 0. The number of aromatic nitrogens is 2. The predicted octanol–water partition coefficient (Wildman–Crippen LogP) is 1.03. The fourth-order valence-corrected chi connectivity index (χ4v) is 1.43. The summed E-state index contributed by atoms with van der Waals surface area (Å²) in [6, 6.07) is 0.778. The molecule has 5 nitrogen and oxygen atoms in total. The molecule has 0 amide bonds. The Morgan fingerprint density at radius 2 is 2.40 bits per heavy atom. The maximum Gasteiger partial charge on any atom is 0.328 e. The van der Waals surface area contributed by atoms with E-state index in [9.17, 15) is 9.59 Å². The van der Waals surface area contributed by atoms with Crippen LogP contribution in [-0.4, -0.2) is 22.1 Å². The third kappa shape index (κ3) is 2.76. The van der Waals surface area contributed by atoms with Crippen LogP contribution < -0.4 is 5.56 Å². The van der Waals surface area contributed by atoms with Crippen molar-refractivity contribution in [1.82, 2.24) is 9.55 Å². The van der Waals surface area contributed by atoms with Gasteiger partial charge in [-0.3, -0.25) is 9.78 Å². The maximum atomic E-state index is 11.4. The molecule has 1 aromatic heterocycles. The van der Waals surface area contributed by atoms with Crippen LogP contribution in [-0.2, 0) is 9.53 Å². The van der Waals surface area contributed by atoms with Crippen LogP contribution in [0.15, 0.2) is 17.1 Å². The molecule has 0 aliphatic carbocycles. The van der Waals surface area contributed by atoms with E-state index < -0.39 is 6.04 Å². The van der Waals surface area contributed by atoms with Crippen LogP contribution in [0, 0.1) is 4.77 Å². The van der Waals surface area contributed by atoms with E-state index in [0.717, 1.165) is 0 Å². The molecule has 0 aliphatic heterocycles. The van der Waals surface area contributed by atoms with Crippen LogP contribution in [0.5, 0.6) is 0 Å². The van der Waals surface area contributed by atoms with Crippen LogP contribution in [0.25, 0.3) is 0 Å². The summed E-state index contributed by atoms with van der Waals surface area (Å²) in [5.74, 6) is -0.374. The molecule has 1 heterocycles. The van der Waals surface area contributed by atoms with E-state index in [0.29, 0.717) is 6.61 Å². The van der Waals surface area contributed by atoms with Gasteiger partial charge in [-0.1, -0.05) is 0 Å². The van der Waals surface area contributed by atoms with Crippen LogP contribution in [0.3, 0.4) is 0 Å². The summed E-state index contributed by atoms with van der Waals surface area (Å²) < 4.78 is 6.54. The average molecular weight is 228 g/mol. The molecule has 0 spiro atoms. The number of carbonyl (C=O) groups excluding carboxylic acids is 1. The summed E-state index contributed by atoms with van der Waals surface area (Å²) in [5.41, 5.74) is -0.285. The van der Waals surface area contributed by atoms with Crippen LogP contribution in [0.4, 0.5) is 0 Å². The third-order valence-corrected chi connectivity index (χ3v) is 2.21. The molecule has 1 N–H and O–H groups in total. The molecule has 0 bridgehead atoms. The first kappa shape index (κ1) is 11.6. The molecule has 0 saturated carbocycles. The molecule has 0 radical (unpaired) electrons. The minimum absolute atomic E-state index is 0.211. The van der Waals surface area contributed by atoms with Gasteiger partial charge in [-0.25, -0.2) is 4.79 Å². The highest BCUT2D eigenvalue weighted by Gasteiger charge is 2.15. The summed E-state index contributed by atoms with van der Waals surface area (Å²) in [5, 5.41) is 0. The highest BCUT2D eigenvalue weighted by Crippen LogP contribution is 2.06. The molecular formula is C9H12N2O3S. The molecule has 15 heavy (non-hydrogen) atoms. The second kappa shape index (κ2) is 4.88. The van der Waals surface area contributed by atoms with Crippen molar-refractivity contribution in [3.8, 4) is 0 Å². The number of nitrogens with zero attached hydrogens (tertiary/aromatic N) is 1. The van der Waals surface area contributed by atoms with Gasteiger partial charge in [-0.2, -0.15) is 0 Å². The van der Waals surface area contributed by atoms with Crippen molar-refractivity contribution >= 4 is 18.2 Å². The van der Waals surface area contributed by atoms with Gasteiger partial charge in [0, 0.05) is 12.3 Å². The zero-order valence-electron chi connectivity index (χ0n) is 8.52. The van der Waals surface area contributed by atoms with E-state index in [2.05, 4.69) is 4.98 Å². The van der Waals surface area contributed by atoms with Crippen LogP contribution >= 0.6 is 12.2 Å². The normalized spacial score (nSPS) is 12.1. The number of carbonyl (C=O) groups is 1. The second-order valence-corrected chi connectivity index (χ2v) is 3.33. The van der Waals surface area contributed by atoms with Crippen molar-refractivity contribution in [2.75, 3.05) is 6.61 Å². The SMILES string of the molecule is CCOC(=O)C(C)n1ccc(=O)[nH]c1=S. The molecule has 0 aliphatic rings. The quantitative estimate of drug-likeness (QED) is 0.620. The highest BCUT2D eigenvalue weighted by atomic mass is 32.1. The molecule has 1 aromatic rings. The summed E-state index contributed by atoms with van der Waals surface area (Å²) in [4.78, 5) is 24.7. The van der Waals surface area contributed by atoms with Crippen molar-refractivity contribution in [2.24, 2.45) is 0 Å². The lowest BCUT2D eigenvalue weighted by Crippen LogP contribution is -2.22. The molecule has 1 atom stereocenters. The Hall–Kier alpha value is -1.43. The van der Waals surface area contributed by atoms with Crippen LogP contribution in [0.2, 0.25) is 0 Å². The molecule has 0 aromatic carbocycles. The fourth-order valence-electron chi connectivity index (χ4n) is 1.11. The Balaban J connectivity index is 3.01. The van der Waals surface area contributed by atoms with Crippen LogP contribution in [0.1, 0.15) is 19.9 Å². The smallest absolute Gasteiger partial charge is 0.328 e. The number of esters is 1. The summed E-state index contributed by atoms with van der Waals surface area (Å²) in [6.07, 6.45) is 1.47. The fraction of sp³-hybridized carbons (Fsp3) is 0.444. The van der Waals surface area contributed by atoms with E-state index >= 15 is 0 Å². The second-order valence-electron chi connectivity index (χ2n) is 2.95. The number of hydrogen-bond acceptors (Lipinski definition) is 4. The Morgan fingerprint density at radius 3 is 2.93 bits per heavy atom. The lowest BCUT2D eigenvalue weighted by Gasteiger charge is -2.13. The van der Waals surface area contributed by atoms with Crippen molar-refractivity contribution in [3.63, 3.8) is 0 Å². The minimum Gasteiger partial charge on any atom is -0.464 e. The van der Waals surface area contributed by atoms with E-state index in [4.69, 9.17) is 17.0 Å². The van der Waals surface area contributed by atoms with Gasteiger partial charge in [0.25, 0.3) is 5.56 Å². The van der Waals surface area contributed by atoms with E-state index in [-0.39, 0.29) is 16.3 Å². The number of H-pyrrole nitrogens is 1. The molecule has 0 saturated heterocycles. The third-order valence-electron chi connectivity index (χ3n) is 1.90. The first-order chi connectivity index (χ1) is 7.06. The standard InChI is InChI=1S/C9H12N2O3S/c1-3-14-8(13)6(2)11-5-4-7(12)10-9(11)15/h4-6H,3H2,1-2H3,(H,10,12,15). The van der Waals surface area contributed by atoms with Gasteiger partial charge < -0.3 is 9.30 Å². The average Bonchev–Trinajstić information content (AvgIpc) is 2.17. The largest absolute Gasteiger partial charge is 0.464 e. The topological polar surface area (TPSA) is 64.1 Å². The van der Waals surface area contributed by atoms with Crippen molar-refractivity contribution in [3.05, 3.63) is 27.4 Å². The van der Waals surface area contributed by atoms with E-state index in [1.165, 1.54) is 16.8 Å². The number of nitrogens with one attached hydrogen (secondary N) is 1. The van der Waals surface area contributed by atoms with Gasteiger partial charge in [0.15, 0.2) is 4.77 Å². The van der Waals surface area contributed by atoms with Gasteiger partial charge in [-0.05, 0) is 26.1 Å². The molecule has 0 fully saturated rings. The number of rotatable bonds is 3. The van der Waals surface area contributed by atoms with Gasteiger partial charge in [0.2, 0.25) is 0 Å². The Morgan fingerprint density at radius 1 is 1.73 bits per heavy atom. The van der Waals surface area contributed by atoms with E-state index in [1.54, 1.807) is 13.8 Å². The number of ether oxygens (including phenoxy) is 1. The van der Waals surface area contributed by atoms with Crippen molar-refractivity contribution in [2.45, 2.75) is 19.9 Å². The van der Waals surface area contributed by atoms with Crippen molar-refractivity contribution in [1.29, 1.82) is 0 Å². The first-order valence-electron chi connectivity index (χ1n) is 4.54. The Bertz CT molecular complexity index is 463. The number of hydrogen-bond donors (Lipinski definition) is 1. The van der Waals surface area contributed by atoms with Crippen molar-refractivity contribution < 1.29 is 9.53 Å². The molecule has 1 unspecified atom stereocenters. The lowest BCUT2D eigenvalue weighted by molar-refractivity contribution is -0.146. The monoisotopic (exact) mass is 228 g/mol. The minimum atomic E-state index is -0.533. The van der Waals surface area contributed by atoms with Gasteiger partial charge in [-0.15, -0.1) is 0 Å². The first-order valence-corrected chi connectivity index (χ1v) is 4.95. The highest BCUT2D eigenvalue weighted by molar-refractivity contribution is 7.71. The Kier molecular flexibility index (Phi) is 3.79. The molecule has 1 rings (SSSR count). The predicted molar refractivity (Wildman–Crippen MR) is 57.2 cm³/mol. The van der Waals surface area contributed by atoms with Gasteiger partial charge in [0.1, 0.15) is 6.04 Å².